The highest BCUT2D eigenvalue weighted by Crippen LogP contribution is 2.12. The Labute approximate surface area is 112 Å². The molecule has 1 N–H and O–H groups in total. The van der Waals surface area contributed by atoms with Crippen molar-refractivity contribution in [1.29, 1.82) is 0 Å². The first-order chi connectivity index (χ1) is 9.44. The van der Waals surface area contributed by atoms with Crippen LogP contribution in [0.3, 0.4) is 0 Å². The SMILES string of the molecule is Cc1ccc(=O)n(CC(=O)Nc2cc(F)cc(F)c2)n1. The molecule has 0 radical (unpaired) electrons. The van der Waals surface area contributed by atoms with Gasteiger partial charge in [0.2, 0.25) is 5.91 Å². The molecular formula is C13H11F2N3O2. The first-order valence-electron chi connectivity index (χ1n) is 5.75. The molecule has 0 bridgehead atoms. The number of rotatable bonds is 3. The minimum absolute atomic E-state index is 0.0202. The van der Waals surface area contributed by atoms with Crippen LogP contribution in [0.2, 0.25) is 0 Å². The molecule has 0 aliphatic carbocycles. The van der Waals surface area contributed by atoms with E-state index in [0.717, 1.165) is 16.8 Å². The Balaban J connectivity index is 2.13. The predicted molar refractivity (Wildman–Crippen MR) is 68.2 cm³/mol. The number of nitrogens with one attached hydrogen (secondary N) is 1. The van der Waals surface area contributed by atoms with Crippen LogP contribution in [0.25, 0.3) is 0 Å². The molecule has 0 saturated heterocycles. The van der Waals surface area contributed by atoms with Crippen LogP contribution >= 0.6 is 0 Å². The second-order valence-electron chi connectivity index (χ2n) is 4.18. The lowest BCUT2D eigenvalue weighted by molar-refractivity contribution is -0.117. The van der Waals surface area contributed by atoms with Crippen LogP contribution in [0, 0.1) is 18.6 Å². The van der Waals surface area contributed by atoms with Crippen LogP contribution in [0.15, 0.2) is 35.1 Å². The molecule has 0 aliphatic rings. The molecular weight excluding hydrogens is 268 g/mol. The number of aromatic nitrogens is 2. The highest BCUT2D eigenvalue weighted by molar-refractivity contribution is 5.90. The van der Waals surface area contributed by atoms with E-state index >= 15 is 0 Å². The van der Waals surface area contributed by atoms with Crippen molar-refractivity contribution in [2.24, 2.45) is 0 Å². The van der Waals surface area contributed by atoms with Gasteiger partial charge in [-0.05, 0) is 25.1 Å². The monoisotopic (exact) mass is 279 g/mol. The van der Waals surface area contributed by atoms with Gasteiger partial charge >= 0.3 is 0 Å². The number of nitrogens with zero attached hydrogens (tertiary/aromatic N) is 2. The van der Waals surface area contributed by atoms with Gasteiger partial charge in [0.25, 0.3) is 5.56 Å². The fourth-order valence-electron chi connectivity index (χ4n) is 1.63. The molecule has 0 saturated carbocycles. The second-order valence-corrected chi connectivity index (χ2v) is 4.18. The van der Waals surface area contributed by atoms with Crippen LogP contribution in [-0.2, 0) is 11.3 Å². The van der Waals surface area contributed by atoms with E-state index < -0.39 is 23.1 Å². The lowest BCUT2D eigenvalue weighted by atomic mass is 10.3. The summed E-state index contributed by atoms with van der Waals surface area (Å²) in [6.45, 7) is 1.34. The van der Waals surface area contributed by atoms with E-state index in [-0.39, 0.29) is 12.2 Å². The third-order valence-electron chi connectivity index (χ3n) is 2.44. The van der Waals surface area contributed by atoms with Crippen molar-refractivity contribution in [2.75, 3.05) is 5.32 Å². The largest absolute Gasteiger partial charge is 0.324 e. The highest BCUT2D eigenvalue weighted by Gasteiger charge is 2.08. The molecule has 2 aromatic rings. The fourth-order valence-corrected chi connectivity index (χ4v) is 1.63. The van der Waals surface area contributed by atoms with Gasteiger partial charge in [0, 0.05) is 17.8 Å². The zero-order valence-corrected chi connectivity index (χ0v) is 10.6. The smallest absolute Gasteiger partial charge is 0.267 e. The Bertz CT molecular complexity index is 693. The summed E-state index contributed by atoms with van der Waals surface area (Å²) in [6.07, 6.45) is 0. The lowest BCUT2D eigenvalue weighted by Crippen LogP contribution is -2.29. The minimum atomic E-state index is -0.800. The number of carbonyl (C=O) groups is 1. The molecule has 1 heterocycles. The summed E-state index contributed by atoms with van der Waals surface area (Å²) in [5.41, 5.74) is 0.124. The van der Waals surface area contributed by atoms with Gasteiger partial charge in [-0.2, -0.15) is 5.10 Å². The summed E-state index contributed by atoms with van der Waals surface area (Å²) >= 11 is 0. The molecule has 5 nitrogen and oxygen atoms in total. The van der Waals surface area contributed by atoms with Crippen LogP contribution in [0.4, 0.5) is 14.5 Å². The highest BCUT2D eigenvalue weighted by atomic mass is 19.1. The quantitative estimate of drug-likeness (QED) is 0.925. The first-order valence-corrected chi connectivity index (χ1v) is 5.75. The maximum atomic E-state index is 13.0. The summed E-state index contributed by atoms with van der Waals surface area (Å²) in [7, 11) is 0. The third kappa shape index (κ3) is 3.47. The van der Waals surface area contributed by atoms with Crippen molar-refractivity contribution in [3.63, 3.8) is 0 Å². The number of hydrogen-bond donors (Lipinski definition) is 1. The number of carbonyl (C=O) groups excluding carboxylic acids is 1. The molecule has 1 aromatic carbocycles. The van der Waals surface area contributed by atoms with Gasteiger partial charge in [0.1, 0.15) is 18.2 Å². The second kappa shape index (κ2) is 5.60. The molecule has 1 amide bonds. The number of anilines is 1. The third-order valence-corrected chi connectivity index (χ3v) is 2.44. The molecule has 7 heteroatoms. The zero-order chi connectivity index (χ0) is 14.7. The van der Waals surface area contributed by atoms with Crippen molar-refractivity contribution < 1.29 is 13.6 Å². The number of benzene rings is 1. The van der Waals surface area contributed by atoms with Gasteiger partial charge < -0.3 is 5.32 Å². The Kier molecular flexibility index (Phi) is 3.88. The summed E-state index contributed by atoms with van der Waals surface area (Å²) in [5.74, 6) is -2.20. The molecule has 0 aliphatic heterocycles. The average Bonchev–Trinajstić information content (AvgIpc) is 2.32. The summed E-state index contributed by atoms with van der Waals surface area (Å²) in [6, 6.07) is 5.47. The summed E-state index contributed by atoms with van der Waals surface area (Å²) in [4.78, 5) is 23.2. The van der Waals surface area contributed by atoms with Gasteiger partial charge in [-0.3, -0.25) is 9.59 Å². The predicted octanol–water partition coefficient (Wildman–Crippen LogP) is 1.47. The lowest BCUT2D eigenvalue weighted by Gasteiger charge is -2.07. The Morgan fingerprint density at radius 2 is 1.90 bits per heavy atom. The van der Waals surface area contributed by atoms with Crippen LogP contribution in [-0.4, -0.2) is 15.7 Å². The van der Waals surface area contributed by atoms with Crippen LogP contribution in [0.5, 0.6) is 0 Å². The number of hydrogen-bond acceptors (Lipinski definition) is 3. The zero-order valence-electron chi connectivity index (χ0n) is 10.6. The average molecular weight is 279 g/mol. The van der Waals surface area contributed by atoms with Crippen molar-refractivity contribution in [2.45, 2.75) is 13.5 Å². The molecule has 0 fully saturated rings. The number of aryl methyl sites for hydroxylation is 1. The maximum absolute atomic E-state index is 13.0. The van der Waals surface area contributed by atoms with Gasteiger partial charge in [-0.15, -0.1) is 0 Å². The summed E-state index contributed by atoms with van der Waals surface area (Å²) < 4.78 is 26.9. The van der Waals surface area contributed by atoms with Crippen LogP contribution < -0.4 is 10.9 Å². The Morgan fingerprint density at radius 3 is 2.55 bits per heavy atom. The molecule has 104 valence electrons. The standard InChI is InChI=1S/C13H11F2N3O2/c1-8-2-3-13(20)18(17-8)7-12(19)16-11-5-9(14)4-10(15)6-11/h2-6H,7H2,1H3,(H,16,19). The maximum Gasteiger partial charge on any atom is 0.267 e. The Hall–Kier alpha value is -2.57. The van der Waals surface area contributed by atoms with Gasteiger partial charge in [-0.25, -0.2) is 13.5 Å². The van der Waals surface area contributed by atoms with E-state index in [1.807, 2.05) is 0 Å². The normalized spacial score (nSPS) is 10.3. The van der Waals surface area contributed by atoms with E-state index in [1.54, 1.807) is 6.92 Å². The van der Waals surface area contributed by atoms with Crippen molar-refractivity contribution in [3.05, 3.63) is 58.0 Å². The van der Waals surface area contributed by atoms with E-state index in [2.05, 4.69) is 10.4 Å². The van der Waals surface area contributed by atoms with Crippen molar-refractivity contribution in [1.82, 2.24) is 9.78 Å². The molecule has 0 unspecified atom stereocenters. The molecule has 0 atom stereocenters. The summed E-state index contributed by atoms with van der Waals surface area (Å²) in [5, 5.41) is 6.18. The topological polar surface area (TPSA) is 64.0 Å². The van der Waals surface area contributed by atoms with Gasteiger partial charge in [0.15, 0.2) is 0 Å². The number of amides is 1. The first kappa shape index (κ1) is 13.9. The van der Waals surface area contributed by atoms with Gasteiger partial charge in [0.05, 0.1) is 5.69 Å². The van der Waals surface area contributed by atoms with Gasteiger partial charge in [-0.1, -0.05) is 0 Å². The molecule has 2 rings (SSSR count). The van der Waals surface area contributed by atoms with E-state index in [1.165, 1.54) is 12.1 Å². The molecule has 1 aromatic heterocycles. The Morgan fingerprint density at radius 1 is 1.25 bits per heavy atom. The number of halogens is 2. The molecule has 20 heavy (non-hydrogen) atoms. The van der Waals surface area contributed by atoms with E-state index in [4.69, 9.17) is 0 Å². The van der Waals surface area contributed by atoms with E-state index in [0.29, 0.717) is 11.8 Å². The van der Waals surface area contributed by atoms with Crippen molar-refractivity contribution >= 4 is 11.6 Å². The molecule has 0 spiro atoms. The minimum Gasteiger partial charge on any atom is -0.324 e. The van der Waals surface area contributed by atoms with Crippen LogP contribution in [0.1, 0.15) is 5.69 Å². The van der Waals surface area contributed by atoms with Crippen molar-refractivity contribution in [3.8, 4) is 0 Å². The van der Waals surface area contributed by atoms with E-state index in [9.17, 15) is 18.4 Å². The fraction of sp³-hybridized carbons (Fsp3) is 0.154.